The molecular weight excluding hydrogens is 210 g/mol. The Bertz CT molecular complexity index is 556. The molecule has 1 aliphatic carbocycles. The third-order valence-corrected chi connectivity index (χ3v) is 3.90. The van der Waals surface area contributed by atoms with Crippen molar-refractivity contribution in [3.05, 3.63) is 42.0 Å². The summed E-state index contributed by atoms with van der Waals surface area (Å²) in [6.45, 7) is 0. The minimum Gasteiger partial charge on any atom is -0.508 e. The molecule has 1 aliphatic rings. The smallest absolute Gasteiger partial charge is 0.121 e. The lowest BCUT2D eigenvalue weighted by Crippen LogP contribution is -2.33. The van der Waals surface area contributed by atoms with Gasteiger partial charge in [-0.2, -0.15) is 0 Å². The van der Waals surface area contributed by atoms with Crippen molar-refractivity contribution in [1.29, 1.82) is 0 Å². The maximum absolute atomic E-state index is 10.2. The number of phenolic OH excluding ortho intramolecular Hbond substituents is 1. The van der Waals surface area contributed by atoms with Crippen molar-refractivity contribution in [2.45, 2.75) is 31.2 Å². The first-order chi connectivity index (χ1) is 8.21. The van der Waals surface area contributed by atoms with E-state index in [1.165, 1.54) is 0 Å². The van der Waals surface area contributed by atoms with Gasteiger partial charge >= 0.3 is 0 Å². The number of hydrogen-bond donors (Lipinski definition) is 2. The molecule has 17 heavy (non-hydrogen) atoms. The van der Waals surface area contributed by atoms with Gasteiger partial charge in [0, 0.05) is 11.1 Å². The summed E-state index contributed by atoms with van der Waals surface area (Å²) in [5.41, 5.74) is 7.08. The zero-order valence-electron chi connectivity index (χ0n) is 9.82. The Hall–Kier alpha value is -1.54. The minimum absolute atomic E-state index is 0.341. The van der Waals surface area contributed by atoms with E-state index in [2.05, 4.69) is 12.1 Å². The van der Waals surface area contributed by atoms with Gasteiger partial charge in [0.25, 0.3) is 0 Å². The lowest BCUT2D eigenvalue weighted by atomic mass is 9.85. The fraction of sp³-hybridized carbons (Fsp3) is 0.333. The summed E-state index contributed by atoms with van der Waals surface area (Å²) >= 11 is 0. The number of rotatable bonds is 1. The van der Waals surface area contributed by atoms with Crippen LogP contribution in [0.25, 0.3) is 10.8 Å². The maximum atomic E-state index is 10.2. The van der Waals surface area contributed by atoms with Gasteiger partial charge in [0.2, 0.25) is 0 Å². The second-order valence-corrected chi connectivity index (χ2v) is 5.04. The van der Waals surface area contributed by atoms with Crippen LogP contribution in [0.15, 0.2) is 36.4 Å². The van der Waals surface area contributed by atoms with E-state index in [1.807, 2.05) is 18.2 Å². The topological polar surface area (TPSA) is 46.2 Å². The molecule has 3 rings (SSSR count). The van der Waals surface area contributed by atoms with E-state index in [0.29, 0.717) is 5.75 Å². The lowest BCUT2D eigenvalue weighted by Gasteiger charge is -2.26. The molecule has 0 aromatic heterocycles. The van der Waals surface area contributed by atoms with Crippen LogP contribution in [-0.2, 0) is 5.54 Å². The van der Waals surface area contributed by atoms with Crippen molar-refractivity contribution >= 4 is 10.8 Å². The largest absolute Gasteiger partial charge is 0.508 e. The van der Waals surface area contributed by atoms with Gasteiger partial charge in [-0.3, -0.25) is 0 Å². The van der Waals surface area contributed by atoms with E-state index in [9.17, 15) is 5.11 Å². The Balaban J connectivity index is 2.30. The predicted molar refractivity (Wildman–Crippen MR) is 69.9 cm³/mol. The molecule has 2 nitrogen and oxygen atoms in total. The Morgan fingerprint density at radius 3 is 2.47 bits per heavy atom. The quantitative estimate of drug-likeness (QED) is 0.785. The van der Waals surface area contributed by atoms with Gasteiger partial charge in [-0.25, -0.2) is 0 Å². The first-order valence-corrected chi connectivity index (χ1v) is 6.21. The number of phenols is 1. The zero-order valence-corrected chi connectivity index (χ0v) is 9.82. The molecular formula is C15H17NO. The molecule has 0 saturated heterocycles. The van der Waals surface area contributed by atoms with Crippen molar-refractivity contribution in [2.24, 2.45) is 5.73 Å². The fourth-order valence-corrected chi connectivity index (χ4v) is 3.04. The van der Waals surface area contributed by atoms with Gasteiger partial charge in [0.05, 0.1) is 0 Å². The van der Waals surface area contributed by atoms with E-state index in [0.717, 1.165) is 42.0 Å². The number of nitrogens with two attached hydrogens (primary N) is 1. The van der Waals surface area contributed by atoms with Crippen LogP contribution in [0, 0.1) is 0 Å². The summed E-state index contributed by atoms with van der Waals surface area (Å²) in [6, 6.07) is 11.9. The molecule has 0 heterocycles. The number of aromatic hydroxyl groups is 1. The number of fused-ring (bicyclic) bond motifs is 1. The van der Waals surface area contributed by atoms with Crippen LogP contribution < -0.4 is 5.73 Å². The third kappa shape index (κ3) is 1.60. The molecule has 2 aromatic rings. The van der Waals surface area contributed by atoms with Crippen LogP contribution in [0.4, 0.5) is 0 Å². The molecule has 2 heteroatoms. The Morgan fingerprint density at radius 2 is 1.71 bits per heavy atom. The summed E-state index contributed by atoms with van der Waals surface area (Å²) < 4.78 is 0. The summed E-state index contributed by atoms with van der Waals surface area (Å²) in [5.74, 6) is 0.341. The first kappa shape index (κ1) is 10.6. The third-order valence-electron chi connectivity index (χ3n) is 3.90. The van der Waals surface area contributed by atoms with Crippen molar-refractivity contribution < 1.29 is 5.11 Å². The molecule has 0 unspecified atom stereocenters. The van der Waals surface area contributed by atoms with Gasteiger partial charge in [0.1, 0.15) is 5.75 Å². The molecule has 0 spiro atoms. The highest BCUT2D eigenvalue weighted by atomic mass is 16.3. The van der Waals surface area contributed by atoms with Gasteiger partial charge in [-0.15, -0.1) is 0 Å². The monoisotopic (exact) mass is 227 g/mol. The molecule has 0 aliphatic heterocycles. The van der Waals surface area contributed by atoms with Gasteiger partial charge in [0.15, 0.2) is 0 Å². The van der Waals surface area contributed by atoms with Crippen molar-refractivity contribution in [3.8, 4) is 5.75 Å². The number of benzene rings is 2. The molecule has 0 radical (unpaired) electrons. The highest BCUT2D eigenvalue weighted by Crippen LogP contribution is 2.43. The van der Waals surface area contributed by atoms with E-state index < -0.39 is 0 Å². The van der Waals surface area contributed by atoms with Crippen LogP contribution in [0.3, 0.4) is 0 Å². The summed E-state index contributed by atoms with van der Waals surface area (Å²) in [7, 11) is 0. The summed E-state index contributed by atoms with van der Waals surface area (Å²) in [5, 5.41) is 12.4. The summed E-state index contributed by atoms with van der Waals surface area (Å²) in [4.78, 5) is 0. The second kappa shape index (κ2) is 3.74. The molecule has 88 valence electrons. The molecule has 1 fully saturated rings. The van der Waals surface area contributed by atoms with Crippen LogP contribution in [-0.4, -0.2) is 5.11 Å². The van der Waals surface area contributed by atoms with Gasteiger partial charge < -0.3 is 10.8 Å². The van der Waals surface area contributed by atoms with Crippen molar-refractivity contribution in [2.75, 3.05) is 0 Å². The van der Waals surface area contributed by atoms with Crippen LogP contribution in [0.1, 0.15) is 31.2 Å². The second-order valence-electron chi connectivity index (χ2n) is 5.04. The van der Waals surface area contributed by atoms with Gasteiger partial charge in [-0.1, -0.05) is 43.2 Å². The molecule has 2 aromatic carbocycles. The van der Waals surface area contributed by atoms with E-state index in [4.69, 9.17) is 5.73 Å². The highest BCUT2D eigenvalue weighted by Gasteiger charge is 2.34. The van der Waals surface area contributed by atoms with E-state index in [1.54, 1.807) is 6.07 Å². The average molecular weight is 227 g/mol. The highest BCUT2D eigenvalue weighted by molar-refractivity contribution is 5.88. The standard InChI is InChI=1S/C15H17NO/c16-15(9-3-4-10-15)14-12-6-2-1-5-11(12)7-8-13(14)17/h1-2,5-8,17H,3-4,9-10,16H2. The van der Waals surface area contributed by atoms with E-state index >= 15 is 0 Å². The Kier molecular flexibility index (Phi) is 2.33. The van der Waals surface area contributed by atoms with E-state index in [-0.39, 0.29) is 5.54 Å². The number of hydrogen-bond acceptors (Lipinski definition) is 2. The van der Waals surface area contributed by atoms with Gasteiger partial charge in [-0.05, 0) is 29.7 Å². The van der Waals surface area contributed by atoms with Crippen LogP contribution >= 0.6 is 0 Å². The Morgan fingerprint density at radius 1 is 1.00 bits per heavy atom. The first-order valence-electron chi connectivity index (χ1n) is 6.21. The SMILES string of the molecule is NC1(c2c(O)ccc3ccccc23)CCCC1. The molecule has 3 N–H and O–H groups in total. The van der Waals surface area contributed by atoms with Crippen LogP contribution in [0.5, 0.6) is 5.75 Å². The Labute approximate surface area is 101 Å². The normalized spacial score (nSPS) is 18.6. The molecule has 0 atom stereocenters. The fourth-order valence-electron chi connectivity index (χ4n) is 3.04. The average Bonchev–Trinajstić information content (AvgIpc) is 2.76. The molecule has 1 saturated carbocycles. The zero-order chi connectivity index (χ0) is 11.9. The molecule has 0 bridgehead atoms. The lowest BCUT2D eigenvalue weighted by molar-refractivity contribution is 0.413. The maximum Gasteiger partial charge on any atom is 0.121 e. The van der Waals surface area contributed by atoms with Crippen LogP contribution in [0.2, 0.25) is 0 Å². The minimum atomic E-state index is -0.342. The summed E-state index contributed by atoms with van der Waals surface area (Å²) in [6.07, 6.45) is 4.24. The van der Waals surface area contributed by atoms with Crippen molar-refractivity contribution in [3.63, 3.8) is 0 Å². The predicted octanol–water partition coefficient (Wildman–Crippen LogP) is 3.27. The van der Waals surface area contributed by atoms with Crippen molar-refractivity contribution in [1.82, 2.24) is 0 Å². The molecule has 0 amide bonds.